The first-order chi connectivity index (χ1) is 12.9. The highest BCUT2D eigenvalue weighted by molar-refractivity contribution is 14.0. The molecule has 3 N–H and O–H groups in total. The molecule has 1 saturated carbocycles. The molecule has 0 radical (unpaired) electrons. The lowest BCUT2D eigenvalue weighted by molar-refractivity contribution is 0.0490. The van der Waals surface area contributed by atoms with Gasteiger partial charge in [-0.25, -0.2) is 4.79 Å². The van der Waals surface area contributed by atoms with Gasteiger partial charge in [-0.2, -0.15) is 0 Å². The Morgan fingerprint density at radius 2 is 1.86 bits per heavy atom. The molecule has 2 aliphatic rings. The molecule has 7 nitrogen and oxygen atoms in total. The SMILES string of the molecule is CN=C(NCCC1=CCOCC1)NC1CCC(NC(=O)OC(C)(C)C)CC1.I. The first-order valence-corrected chi connectivity index (χ1v) is 10.1. The van der Waals surface area contributed by atoms with Gasteiger partial charge in [0.15, 0.2) is 5.96 Å². The summed E-state index contributed by atoms with van der Waals surface area (Å²) in [4.78, 5) is 16.2. The molecule has 0 bridgehead atoms. The number of guanidine groups is 1. The van der Waals surface area contributed by atoms with E-state index < -0.39 is 5.60 Å². The van der Waals surface area contributed by atoms with Crippen LogP contribution in [0.3, 0.4) is 0 Å². The number of hydrogen-bond donors (Lipinski definition) is 3. The zero-order chi connectivity index (χ0) is 19.7. The fraction of sp³-hybridized carbons (Fsp3) is 0.800. The summed E-state index contributed by atoms with van der Waals surface area (Å²) in [5, 5.41) is 9.89. The molecule has 162 valence electrons. The van der Waals surface area contributed by atoms with E-state index in [1.54, 1.807) is 7.05 Å². The van der Waals surface area contributed by atoms with E-state index in [0.29, 0.717) is 6.04 Å². The summed E-state index contributed by atoms with van der Waals surface area (Å²) in [6, 6.07) is 0.573. The van der Waals surface area contributed by atoms with Gasteiger partial charge in [0.2, 0.25) is 0 Å². The molecule has 2 rings (SSSR count). The van der Waals surface area contributed by atoms with Gasteiger partial charge >= 0.3 is 6.09 Å². The number of carbonyl (C=O) groups excluding carboxylic acids is 1. The van der Waals surface area contributed by atoms with E-state index >= 15 is 0 Å². The number of halogens is 1. The van der Waals surface area contributed by atoms with Crippen LogP contribution < -0.4 is 16.0 Å². The smallest absolute Gasteiger partial charge is 0.407 e. The summed E-state index contributed by atoms with van der Waals surface area (Å²) in [7, 11) is 1.80. The topological polar surface area (TPSA) is 84.0 Å². The third kappa shape index (κ3) is 9.95. The van der Waals surface area contributed by atoms with Crippen molar-refractivity contribution < 1.29 is 14.3 Å². The number of ether oxygens (including phenoxy) is 2. The van der Waals surface area contributed by atoms with E-state index in [-0.39, 0.29) is 36.1 Å². The second-order valence-electron chi connectivity index (χ2n) is 8.28. The van der Waals surface area contributed by atoms with Crippen molar-refractivity contribution in [3.05, 3.63) is 11.6 Å². The second-order valence-corrected chi connectivity index (χ2v) is 8.28. The van der Waals surface area contributed by atoms with Crippen LogP contribution in [-0.2, 0) is 9.47 Å². The molecule has 0 spiro atoms. The minimum Gasteiger partial charge on any atom is -0.444 e. The van der Waals surface area contributed by atoms with E-state index in [1.165, 1.54) is 5.57 Å². The maximum absolute atomic E-state index is 11.9. The molecule has 1 heterocycles. The molecule has 28 heavy (non-hydrogen) atoms. The van der Waals surface area contributed by atoms with Gasteiger partial charge in [0.25, 0.3) is 0 Å². The highest BCUT2D eigenvalue weighted by atomic mass is 127. The van der Waals surface area contributed by atoms with Crippen molar-refractivity contribution in [2.24, 2.45) is 4.99 Å². The number of rotatable bonds is 5. The Hall–Kier alpha value is -1.03. The lowest BCUT2D eigenvalue weighted by Crippen LogP contribution is -2.48. The van der Waals surface area contributed by atoms with Crippen LogP contribution in [0.4, 0.5) is 4.79 Å². The van der Waals surface area contributed by atoms with Crippen molar-refractivity contribution in [2.45, 2.75) is 77.0 Å². The van der Waals surface area contributed by atoms with Crippen molar-refractivity contribution in [1.29, 1.82) is 0 Å². The maximum atomic E-state index is 11.9. The van der Waals surface area contributed by atoms with E-state index in [0.717, 1.165) is 64.2 Å². The summed E-state index contributed by atoms with van der Waals surface area (Å²) in [6.45, 7) is 8.09. The van der Waals surface area contributed by atoms with Crippen LogP contribution >= 0.6 is 24.0 Å². The molecule has 0 aromatic rings. The Balaban J connectivity index is 0.00000392. The minimum absolute atomic E-state index is 0. The molecule has 0 saturated heterocycles. The van der Waals surface area contributed by atoms with Gasteiger partial charge in [-0.1, -0.05) is 11.6 Å². The number of amides is 1. The van der Waals surface area contributed by atoms with Crippen molar-refractivity contribution in [2.75, 3.05) is 26.8 Å². The third-order valence-electron chi connectivity index (χ3n) is 4.81. The average Bonchev–Trinajstić information content (AvgIpc) is 2.61. The molecule has 0 aromatic carbocycles. The number of alkyl carbamates (subject to hydrolysis) is 1. The zero-order valence-corrected chi connectivity index (χ0v) is 20.0. The molecule has 0 unspecified atom stereocenters. The first kappa shape index (κ1) is 25.0. The average molecular weight is 508 g/mol. The third-order valence-corrected chi connectivity index (χ3v) is 4.81. The Bertz CT molecular complexity index is 538. The Morgan fingerprint density at radius 3 is 2.39 bits per heavy atom. The molecule has 0 atom stereocenters. The van der Waals surface area contributed by atoms with Crippen molar-refractivity contribution in [3.8, 4) is 0 Å². The standard InChI is InChI=1S/C20H36N4O3.HI/c1-20(2,3)27-19(25)24-17-7-5-16(6-8-17)23-18(21-4)22-12-9-15-10-13-26-14-11-15;/h10,16-17H,5-9,11-14H2,1-4H3,(H,24,25)(H2,21,22,23);1H. The van der Waals surface area contributed by atoms with Gasteiger partial charge in [0.05, 0.1) is 13.2 Å². The van der Waals surface area contributed by atoms with Crippen LogP contribution in [0.2, 0.25) is 0 Å². The van der Waals surface area contributed by atoms with Crippen LogP contribution in [0.1, 0.15) is 59.3 Å². The lowest BCUT2D eigenvalue weighted by atomic mass is 9.91. The maximum Gasteiger partial charge on any atom is 0.407 e. The Morgan fingerprint density at radius 1 is 1.21 bits per heavy atom. The van der Waals surface area contributed by atoms with Crippen LogP contribution in [0.15, 0.2) is 16.6 Å². The molecular weight excluding hydrogens is 471 g/mol. The number of nitrogens with zero attached hydrogens (tertiary/aromatic N) is 1. The Kier molecular flexibility index (Phi) is 11.2. The largest absolute Gasteiger partial charge is 0.444 e. The van der Waals surface area contributed by atoms with Crippen molar-refractivity contribution in [1.82, 2.24) is 16.0 Å². The molecule has 8 heteroatoms. The predicted molar refractivity (Wildman–Crippen MR) is 123 cm³/mol. The molecular formula is C20H37IN4O3. The summed E-state index contributed by atoms with van der Waals surface area (Å²) < 4.78 is 10.7. The van der Waals surface area contributed by atoms with Gasteiger partial charge in [0.1, 0.15) is 5.60 Å². The Labute approximate surface area is 186 Å². The van der Waals surface area contributed by atoms with Crippen molar-refractivity contribution in [3.63, 3.8) is 0 Å². The van der Waals surface area contributed by atoms with Crippen molar-refractivity contribution >= 4 is 36.0 Å². The fourth-order valence-corrected chi connectivity index (χ4v) is 3.38. The highest BCUT2D eigenvalue weighted by Gasteiger charge is 2.25. The van der Waals surface area contributed by atoms with Gasteiger partial charge in [-0.05, 0) is 59.3 Å². The van der Waals surface area contributed by atoms with E-state index in [9.17, 15) is 4.79 Å². The second kappa shape index (κ2) is 12.5. The predicted octanol–water partition coefficient (Wildman–Crippen LogP) is 3.34. The van der Waals surface area contributed by atoms with Crippen LogP contribution in [-0.4, -0.2) is 56.5 Å². The van der Waals surface area contributed by atoms with Gasteiger partial charge in [0, 0.05) is 25.7 Å². The van der Waals surface area contributed by atoms with Gasteiger partial charge < -0.3 is 25.4 Å². The normalized spacial score (nSPS) is 23.1. The monoisotopic (exact) mass is 508 g/mol. The van der Waals surface area contributed by atoms with E-state index in [1.807, 2.05) is 20.8 Å². The molecule has 1 amide bonds. The van der Waals surface area contributed by atoms with E-state index in [4.69, 9.17) is 9.47 Å². The quantitative estimate of drug-likeness (QED) is 0.230. The molecule has 1 aliphatic heterocycles. The number of carbonyl (C=O) groups is 1. The van der Waals surface area contributed by atoms with Gasteiger partial charge in [-0.3, -0.25) is 4.99 Å². The van der Waals surface area contributed by atoms with Crippen LogP contribution in [0.25, 0.3) is 0 Å². The minimum atomic E-state index is -0.457. The van der Waals surface area contributed by atoms with E-state index in [2.05, 4.69) is 27.0 Å². The summed E-state index contributed by atoms with van der Waals surface area (Å²) in [5.41, 5.74) is 1.000. The molecule has 1 aliphatic carbocycles. The summed E-state index contributed by atoms with van der Waals surface area (Å²) >= 11 is 0. The van der Waals surface area contributed by atoms with Crippen LogP contribution in [0.5, 0.6) is 0 Å². The molecule has 1 fully saturated rings. The lowest BCUT2D eigenvalue weighted by Gasteiger charge is -2.31. The summed E-state index contributed by atoms with van der Waals surface area (Å²) in [5.74, 6) is 0.853. The number of hydrogen-bond acceptors (Lipinski definition) is 4. The highest BCUT2D eigenvalue weighted by Crippen LogP contribution is 2.19. The molecule has 0 aromatic heterocycles. The van der Waals surface area contributed by atoms with Gasteiger partial charge in [-0.15, -0.1) is 24.0 Å². The number of nitrogens with one attached hydrogen (secondary N) is 3. The fourth-order valence-electron chi connectivity index (χ4n) is 3.38. The zero-order valence-electron chi connectivity index (χ0n) is 17.7. The number of aliphatic imine (C=N–C) groups is 1. The first-order valence-electron chi connectivity index (χ1n) is 10.1. The van der Waals surface area contributed by atoms with Crippen LogP contribution in [0, 0.1) is 0 Å². The summed E-state index contributed by atoms with van der Waals surface area (Å²) in [6.07, 6.45) is 7.81.